The highest BCUT2D eigenvalue weighted by molar-refractivity contribution is 9.10. The molecular formula is C13H14BrF3N2O. The average molecular weight is 351 g/mol. The van der Waals surface area contributed by atoms with Gasteiger partial charge in [0.15, 0.2) is 0 Å². The summed E-state index contributed by atoms with van der Waals surface area (Å²) in [5.41, 5.74) is -0.147. The summed E-state index contributed by atoms with van der Waals surface area (Å²) in [4.78, 5) is 14.8. The SMILES string of the molecule is CC(=O)N1CCN(c2cc(Br)cc(C(F)(F)F)c2)CC1. The standard InChI is InChI=1S/C13H14BrF3N2O/c1-9(20)18-2-4-19(5-3-18)12-7-10(13(15,16)17)6-11(14)8-12/h6-8H,2-5H2,1H3. The van der Waals surface area contributed by atoms with Gasteiger partial charge >= 0.3 is 6.18 Å². The third-order valence-electron chi connectivity index (χ3n) is 3.30. The first-order valence-corrected chi connectivity index (χ1v) is 6.95. The minimum Gasteiger partial charge on any atom is -0.368 e. The molecule has 20 heavy (non-hydrogen) atoms. The molecule has 2 rings (SSSR count). The molecule has 1 aliphatic heterocycles. The van der Waals surface area contributed by atoms with E-state index in [1.165, 1.54) is 6.92 Å². The van der Waals surface area contributed by atoms with E-state index in [2.05, 4.69) is 15.9 Å². The number of nitrogens with zero attached hydrogens (tertiary/aromatic N) is 2. The van der Waals surface area contributed by atoms with Crippen LogP contribution in [0, 0.1) is 0 Å². The molecule has 0 saturated carbocycles. The van der Waals surface area contributed by atoms with Crippen LogP contribution < -0.4 is 4.90 Å². The summed E-state index contributed by atoms with van der Waals surface area (Å²) < 4.78 is 38.8. The summed E-state index contributed by atoms with van der Waals surface area (Å²) in [6, 6.07) is 3.88. The van der Waals surface area contributed by atoms with Gasteiger partial charge in [-0.1, -0.05) is 15.9 Å². The molecule has 0 atom stereocenters. The normalized spacial score (nSPS) is 16.4. The fourth-order valence-corrected chi connectivity index (χ4v) is 2.68. The van der Waals surface area contributed by atoms with Crippen molar-refractivity contribution in [2.75, 3.05) is 31.1 Å². The molecule has 1 heterocycles. The molecule has 0 N–H and O–H groups in total. The summed E-state index contributed by atoms with van der Waals surface area (Å²) in [5, 5.41) is 0. The van der Waals surface area contributed by atoms with Gasteiger partial charge in [0.05, 0.1) is 5.56 Å². The molecule has 0 aromatic heterocycles. The number of alkyl halides is 3. The van der Waals surface area contributed by atoms with Crippen molar-refractivity contribution < 1.29 is 18.0 Å². The predicted molar refractivity (Wildman–Crippen MR) is 73.6 cm³/mol. The minimum absolute atomic E-state index is 0.00475. The summed E-state index contributed by atoms with van der Waals surface area (Å²) in [7, 11) is 0. The molecule has 1 amide bonds. The highest BCUT2D eigenvalue weighted by Crippen LogP contribution is 2.34. The van der Waals surface area contributed by atoms with Crippen molar-refractivity contribution in [3.05, 3.63) is 28.2 Å². The molecule has 1 aromatic rings. The quantitative estimate of drug-likeness (QED) is 0.776. The second kappa shape index (κ2) is 5.63. The van der Waals surface area contributed by atoms with Crippen LogP contribution in [0.25, 0.3) is 0 Å². The number of benzene rings is 1. The lowest BCUT2D eigenvalue weighted by Crippen LogP contribution is -2.48. The second-order valence-corrected chi connectivity index (χ2v) is 5.60. The maximum Gasteiger partial charge on any atom is 0.416 e. The fourth-order valence-electron chi connectivity index (χ4n) is 2.20. The molecule has 0 radical (unpaired) electrons. The van der Waals surface area contributed by atoms with Gasteiger partial charge in [0.1, 0.15) is 0 Å². The summed E-state index contributed by atoms with van der Waals surface area (Å²) in [5.74, 6) is -0.00475. The van der Waals surface area contributed by atoms with Crippen molar-refractivity contribution in [3.8, 4) is 0 Å². The molecule has 7 heteroatoms. The molecule has 0 unspecified atom stereocenters. The zero-order valence-corrected chi connectivity index (χ0v) is 12.5. The average Bonchev–Trinajstić information content (AvgIpc) is 2.37. The Morgan fingerprint density at radius 1 is 1.15 bits per heavy atom. The van der Waals surface area contributed by atoms with Crippen LogP contribution in [-0.4, -0.2) is 37.0 Å². The molecule has 1 aliphatic rings. The number of hydrogen-bond acceptors (Lipinski definition) is 2. The number of halogens is 4. The molecule has 0 aliphatic carbocycles. The van der Waals surface area contributed by atoms with Crippen molar-refractivity contribution in [2.24, 2.45) is 0 Å². The van der Waals surface area contributed by atoms with Gasteiger partial charge in [-0.15, -0.1) is 0 Å². The lowest BCUT2D eigenvalue weighted by Gasteiger charge is -2.36. The number of rotatable bonds is 1. The molecule has 1 aromatic carbocycles. The van der Waals surface area contributed by atoms with E-state index in [-0.39, 0.29) is 5.91 Å². The van der Waals surface area contributed by atoms with Crippen molar-refractivity contribution in [1.82, 2.24) is 4.90 Å². The Labute approximate surface area is 123 Å². The Hall–Kier alpha value is -1.24. The highest BCUT2D eigenvalue weighted by Gasteiger charge is 2.32. The first kappa shape index (κ1) is 15.2. The molecule has 1 saturated heterocycles. The lowest BCUT2D eigenvalue weighted by molar-refractivity contribution is -0.137. The Bertz CT molecular complexity index is 511. The zero-order valence-electron chi connectivity index (χ0n) is 10.9. The largest absolute Gasteiger partial charge is 0.416 e. The minimum atomic E-state index is -4.36. The van der Waals surface area contributed by atoms with Gasteiger partial charge in [-0.2, -0.15) is 13.2 Å². The lowest BCUT2D eigenvalue weighted by atomic mass is 10.1. The number of anilines is 1. The number of carbonyl (C=O) groups is 1. The van der Waals surface area contributed by atoms with Crippen LogP contribution >= 0.6 is 15.9 Å². The van der Waals surface area contributed by atoms with E-state index in [1.54, 1.807) is 11.0 Å². The first-order chi connectivity index (χ1) is 9.27. The summed E-state index contributed by atoms with van der Waals surface area (Å²) >= 11 is 3.12. The van der Waals surface area contributed by atoms with E-state index in [4.69, 9.17) is 0 Å². The third-order valence-corrected chi connectivity index (χ3v) is 3.76. The number of hydrogen-bond donors (Lipinski definition) is 0. The third kappa shape index (κ3) is 3.45. The van der Waals surface area contributed by atoms with Crippen LogP contribution in [-0.2, 0) is 11.0 Å². The fraction of sp³-hybridized carbons (Fsp3) is 0.462. The Kier molecular flexibility index (Phi) is 4.27. The molecular weight excluding hydrogens is 337 g/mol. The van der Waals surface area contributed by atoms with E-state index in [1.807, 2.05) is 4.90 Å². The summed E-state index contributed by atoms with van der Waals surface area (Å²) in [6.45, 7) is 3.63. The zero-order chi connectivity index (χ0) is 14.9. The number of piperazine rings is 1. The van der Waals surface area contributed by atoms with Crippen molar-refractivity contribution >= 4 is 27.5 Å². The molecule has 0 bridgehead atoms. The van der Waals surface area contributed by atoms with Crippen LogP contribution in [0.3, 0.4) is 0 Å². The van der Waals surface area contributed by atoms with E-state index in [0.29, 0.717) is 36.3 Å². The topological polar surface area (TPSA) is 23.6 Å². The Morgan fingerprint density at radius 2 is 1.75 bits per heavy atom. The highest BCUT2D eigenvalue weighted by atomic mass is 79.9. The van der Waals surface area contributed by atoms with Crippen molar-refractivity contribution in [3.63, 3.8) is 0 Å². The maximum atomic E-state index is 12.8. The van der Waals surface area contributed by atoms with Crippen LogP contribution in [0.4, 0.5) is 18.9 Å². The van der Waals surface area contributed by atoms with Gasteiger partial charge in [0, 0.05) is 43.3 Å². The molecule has 1 fully saturated rings. The molecule has 110 valence electrons. The first-order valence-electron chi connectivity index (χ1n) is 6.15. The van der Waals surface area contributed by atoms with Gasteiger partial charge < -0.3 is 9.80 Å². The van der Waals surface area contributed by atoms with E-state index in [0.717, 1.165) is 12.1 Å². The van der Waals surface area contributed by atoms with Crippen LogP contribution in [0.1, 0.15) is 12.5 Å². The van der Waals surface area contributed by atoms with Gasteiger partial charge in [-0.3, -0.25) is 4.79 Å². The van der Waals surface area contributed by atoms with Crippen LogP contribution in [0.2, 0.25) is 0 Å². The second-order valence-electron chi connectivity index (χ2n) is 4.69. The van der Waals surface area contributed by atoms with Gasteiger partial charge in [-0.05, 0) is 18.2 Å². The van der Waals surface area contributed by atoms with E-state index in [9.17, 15) is 18.0 Å². The Balaban J connectivity index is 2.18. The van der Waals surface area contributed by atoms with Gasteiger partial charge in [-0.25, -0.2) is 0 Å². The van der Waals surface area contributed by atoms with Crippen LogP contribution in [0.15, 0.2) is 22.7 Å². The molecule has 0 spiro atoms. The Morgan fingerprint density at radius 3 is 2.25 bits per heavy atom. The number of amides is 1. The predicted octanol–water partition coefficient (Wildman–Crippen LogP) is 3.14. The smallest absolute Gasteiger partial charge is 0.368 e. The van der Waals surface area contributed by atoms with Crippen molar-refractivity contribution in [2.45, 2.75) is 13.1 Å². The molecule has 3 nitrogen and oxygen atoms in total. The summed E-state index contributed by atoms with van der Waals surface area (Å²) in [6.07, 6.45) is -4.36. The van der Waals surface area contributed by atoms with Crippen LogP contribution in [0.5, 0.6) is 0 Å². The van der Waals surface area contributed by atoms with E-state index < -0.39 is 11.7 Å². The van der Waals surface area contributed by atoms with Gasteiger partial charge in [0.2, 0.25) is 5.91 Å². The van der Waals surface area contributed by atoms with Gasteiger partial charge in [0.25, 0.3) is 0 Å². The van der Waals surface area contributed by atoms with Crippen molar-refractivity contribution in [1.29, 1.82) is 0 Å². The number of carbonyl (C=O) groups excluding carboxylic acids is 1. The van der Waals surface area contributed by atoms with E-state index >= 15 is 0 Å². The maximum absolute atomic E-state index is 12.8. The monoisotopic (exact) mass is 350 g/mol.